The highest BCUT2D eigenvalue weighted by atomic mass is 31.2. The van der Waals surface area contributed by atoms with Crippen molar-refractivity contribution in [1.29, 1.82) is 0 Å². The van der Waals surface area contributed by atoms with Gasteiger partial charge in [-0.05, 0) is 148 Å². The number of allylic oxidation sites excluding steroid dienone is 14. The van der Waals surface area contributed by atoms with Crippen LogP contribution in [0.3, 0.4) is 0 Å². The Labute approximate surface area is 608 Å². The quantitative estimate of drug-likeness (QED) is 0.0169. The molecule has 0 heterocycles. The predicted molar refractivity (Wildman–Crippen MR) is 409 cm³/mol. The molecule has 2 unspecified atom stereocenters. The lowest BCUT2D eigenvalue weighted by atomic mass is 10.1. The number of esters is 4. The van der Waals surface area contributed by atoms with E-state index in [1.54, 1.807) is 0 Å². The van der Waals surface area contributed by atoms with Gasteiger partial charge in [0.15, 0.2) is 12.2 Å². The van der Waals surface area contributed by atoms with Crippen molar-refractivity contribution in [2.24, 2.45) is 0 Å². The molecule has 0 spiro atoms. The van der Waals surface area contributed by atoms with E-state index in [1.165, 1.54) is 96.3 Å². The van der Waals surface area contributed by atoms with Crippen molar-refractivity contribution < 1.29 is 80.2 Å². The molecule has 17 nitrogen and oxygen atoms in total. The van der Waals surface area contributed by atoms with E-state index in [2.05, 4.69) is 113 Å². The summed E-state index contributed by atoms with van der Waals surface area (Å²) < 4.78 is 68.6. The minimum atomic E-state index is -4.98. The fraction of sp³-hybridized carbons (Fsp3) is 0.778. The number of phosphoric ester groups is 2. The van der Waals surface area contributed by atoms with E-state index in [-0.39, 0.29) is 25.7 Å². The number of aliphatic hydroxyl groups excluding tert-OH is 1. The van der Waals surface area contributed by atoms with Gasteiger partial charge >= 0.3 is 39.5 Å². The fourth-order valence-corrected chi connectivity index (χ4v) is 12.2. The van der Waals surface area contributed by atoms with Crippen LogP contribution < -0.4 is 0 Å². The van der Waals surface area contributed by atoms with Crippen molar-refractivity contribution in [2.45, 2.75) is 367 Å². The highest BCUT2D eigenvalue weighted by Gasteiger charge is 2.30. The number of carbonyl (C=O) groups is 4. The van der Waals surface area contributed by atoms with E-state index in [0.29, 0.717) is 25.7 Å². The molecule has 0 aliphatic heterocycles. The third-order valence-electron chi connectivity index (χ3n) is 16.8. The second-order valence-electron chi connectivity index (χ2n) is 26.6. The van der Waals surface area contributed by atoms with Crippen LogP contribution in [0.5, 0.6) is 0 Å². The van der Waals surface area contributed by atoms with Gasteiger partial charge in [-0.1, -0.05) is 260 Å². The molecule has 0 saturated heterocycles. The summed E-state index contributed by atoms with van der Waals surface area (Å²) in [6, 6.07) is 0. The summed E-state index contributed by atoms with van der Waals surface area (Å²) in [5.74, 6) is -2.21. The van der Waals surface area contributed by atoms with Crippen LogP contribution in [-0.4, -0.2) is 96.7 Å². The van der Waals surface area contributed by atoms with E-state index < -0.39 is 97.5 Å². The van der Waals surface area contributed by atoms with Crippen LogP contribution in [0.25, 0.3) is 0 Å². The van der Waals surface area contributed by atoms with Gasteiger partial charge in [-0.25, -0.2) is 9.13 Å². The topological polar surface area (TPSA) is 237 Å². The van der Waals surface area contributed by atoms with Crippen LogP contribution in [0.1, 0.15) is 349 Å². The van der Waals surface area contributed by atoms with Crippen molar-refractivity contribution in [3.8, 4) is 0 Å². The summed E-state index contributed by atoms with van der Waals surface area (Å²) in [7, 11) is -9.96. The molecule has 0 aromatic heterocycles. The van der Waals surface area contributed by atoms with Crippen LogP contribution in [0.4, 0.5) is 0 Å². The Morgan fingerprint density at radius 2 is 0.490 bits per heavy atom. The lowest BCUT2D eigenvalue weighted by molar-refractivity contribution is -0.161. The molecule has 5 atom stereocenters. The van der Waals surface area contributed by atoms with Crippen molar-refractivity contribution >= 4 is 39.5 Å². The van der Waals surface area contributed by atoms with E-state index in [0.717, 1.165) is 173 Å². The molecule has 100 heavy (non-hydrogen) atoms. The first-order chi connectivity index (χ1) is 48.7. The first-order valence-corrected chi connectivity index (χ1v) is 42.8. The zero-order valence-electron chi connectivity index (χ0n) is 63.4. The maximum atomic E-state index is 13.1. The van der Waals surface area contributed by atoms with Crippen LogP contribution >= 0.6 is 15.6 Å². The zero-order chi connectivity index (χ0) is 73.2. The van der Waals surface area contributed by atoms with Gasteiger partial charge in [0.25, 0.3) is 0 Å². The van der Waals surface area contributed by atoms with Gasteiger partial charge in [0.2, 0.25) is 0 Å². The van der Waals surface area contributed by atoms with Gasteiger partial charge < -0.3 is 33.8 Å². The SMILES string of the molecule is CCCCC/C=C\C/C=C/CCCCCCCC(=O)O[C@H](COC(=O)CCCCCCC/C=C/C/C=C/CCCCC)COP(=O)(O)OC[C@H](O)COP(=O)(O)OC[C@@H](COC(=O)CCCCCCC/C=C/CCCCCCCC)OC(=O)CCCCCCC/C=C/C/C=C/CCCCC. The maximum absolute atomic E-state index is 13.1. The number of ether oxygens (including phenoxy) is 4. The maximum Gasteiger partial charge on any atom is 0.472 e. The summed E-state index contributed by atoms with van der Waals surface area (Å²) in [6.07, 6.45) is 75.5. The first kappa shape index (κ1) is 96.2. The van der Waals surface area contributed by atoms with Crippen LogP contribution in [0.2, 0.25) is 0 Å². The third-order valence-corrected chi connectivity index (χ3v) is 18.7. The second kappa shape index (κ2) is 73.5. The minimum Gasteiger partial charge on any atom is -0.462 e. The Kier molecular flexibility index (Phi) is 70.8. The Morgan fingerprint density at radius 3 is 0.770 bits per heavy atom. The van der Waals surface area contributed by atoms with Crippen molar-refractivity contribution in [3.63, 3.8) is 0 Å². The van der Waals surface area contributed by atoms with Gasteiger partial charge in [-0.15, -0.1) is 0 Å². The molecule has 0 rings (SSSR count). The summed E-state index contributed by atoms with van der Waals surface area (Å²) >= 11 is 0. The smallest absolute Gasteiger partial charge is 0.462 e. The molecule has 0 amide bonds. The van der Waals surface area contributed by atoms with Gasteiger partial charge in [0.05, 0.1) is 26.4 Å². The molecule has 0 fully saturated rings. The molecular formula is C81H144O17P2. The van der Waals surface area contributed by atoms with Gasteiger partial charge in [-0.2, -0.15) is 0 Å². The lowest BCUT2D eigenvalue weighted by Gasteiger charge is -2.21. The Balaban J connectivity index is 5.38. The average Bonchev–Trinajstić information content (AvgIpc) is 1.25. The van der Waals surface area contributed by atoms with Crippen LogP contribution in [-0.2, 0) is 65.4 Å². The second-order valence-corrected chi connectivity index (χ2v) is 29.5. The summed E-state index contributed by atoms with van der Waals surface area (Å²) in [6.45, 7) is 4.78. The van der Waals surface area contributed by atoms with Crippen LogP contribution in [0, 0.1) is 0 Å². The lowest BCUT2D eigenvalue weighted by Crippen LogP contribution is -2.30. The number of aliphatic hydroxyl groups is 1. The molecule has 0 radical (unpaired) electrons. The number of hydrogen-bond acceptors (Lipinski definition) is 15. The molecule has 0 saturated carbocycles. The van der Waals surface area contributed by atoms with E-state index >= 15 is 0 Å². The van der Waals surface area contributed by atoms with Crippen molar-refractivity contribution in [2.75, 3.05) is 39.6 Å². The van der Waals surface area contributed by atoms with Crippen LogP contribution in [0.15, 0.2) is 85.1 Å². The monoisotopic (exact) mass is 1450 g/mol. The predicted octanol–water partition coefficient (Wildman–Crippen LogP) is 23.0. The van der Waals surface area contributed by atoms with Gasteiger partial charge in [0.1, 0.15) is 19.3 Å². The highest BCUT2D eigenvalue weighted by molar-refractivity contribution is 7.47. The first-order valence-electron chi connectivity index (χ1n) is 39.8. The third kappa shape index (κ3) is 72.6. The molecule has 0 aromatic carbocycles. The molecule has 19 heteroatoms. The normalized spacial score (nSPS) is 14.3. The van der Waals surface area contributed by atoms with Gasteiger partial charge in [-0.3, -0.25) is 37.3 Å². The van der Waals surface area contributed by atoms with E-state index in [9.17, 15) is 43.2 Å². The number of rotatable bonds is 75. The molecule has 0 aliphatic carbocycles. The summed E-state index contributed by atoms with van der Waals surface area (Å²) in [5.41, 5.74) is 0. The standard InChI is InChI=1S/C81H144O17P2/c1-5-9-13-17-21-25-29-33-37-41-45-49-53-57-61-65-78(83)91-71-76(97-80(85)67-63-59-55-51-47-43-39-35-31-27-23-19-15-11-7-3)73-95-99(87,88)93-69-75(82)70-94-100(89,90)96-74-77(98-81(86)68-64-60-56-52-48-44-40-36-32-28-24-20-16-12-8-4)72-92-79(84)66-62-58-54-50-46-42-38-34-30-26-22-18-14-10-6-2/h21,23-25,27-28,33-40,75-77,82H,5-20,22,26,29-32,41-74H2,1-4H3,(H,87,88)(H,89,90)/b25-21+,27-23-,28-24+,37-33+,38-34+,39-35+,40-36+/t75-,76+,77+/m0/s1. The number of phosphoric acid groups is 2. The minimum absolute atomic E-state index is 0.0767. The molecule has 580 valence electrons. The Bertz CT molecular complexity index is 2230. The van der Waals surface area contributed by atoms with E-state index in [1.807, 2.05) is 0 Å². The Hall–Kier alpha value is -3.76. The number of unbranched alkanes of at least 4 members (excludes halogenated alkanes) is 35. The summed E-state index contributed by atoms with van der Waals surface area (Å²) in [5, 5.41) is 10.6. The molecule has 0 aliphatic rings. The van der Waals surface area contributed by atoms with Crippen molar-refractivity contribution in [3.05, 3.63) is 85.1 Å². The fourth-order valence-electron chi connectivity index (χ4n) is 10.7. The number of carbonyl (C=O) groups excluding carboxylic acids is 4. The Morgan fingerprint density at radius 1 is 0.280 bits per heavy atom. The molecule has 3 N–H and O–H groups in total. The highest BCUT2D eigenvalue weighted by Crippen LogP contribution is 2.45. The molecule has 0 bridgehead atoms. The molecule has 0 aromatic rings. The van der Waals surface area contributed by atoms with Crippen molar-refractivity contribution in [1.82, 2.24) is 0 Å². The van der Waals surface area contributed by atoms with E-state index in [4.69, 9.17) is 37.0 Å². The summed E-state index contributed by atoms with van der Waals surface area (Å²) in [4.78, 5) is 73.0. The molecular weight excluding hydrogens is 1310 g/mol. The average molecular weight is 1450 g/mol. The van der Waals surface area contributed by atoms with Gasteiger partial charge in [0, 0.05) is 25.7 Å². The number of hydrogen-bond donors (Lipinski definition) is 3. The zero-order valence-corrected chi connectivity index (χ0v) is 65.2. The largest absolute Gasteiger partial charge is 0.472 e.